The van der Waals surface area contributed by atoms with Crippen LogP contribution < -0.4 is 4.74 Å². The van der Waals surface area contributed by atoms with Gasteiger partial charge in [0, 0.05) is 48.3 Å². The van der Waals surface area contributed by atoms with Crippen LogP contribution in [0, 0.1) is 10.1 Å². The van der Waals surface area contributed by atoms with Gasteiger partial charge in [-0.2, -0.15) is 10.2 Å². The highest BCUT2D eigenvalue weighted by Gasteiger charge is 2.31. The summed E-state index contributed by atoms with van der Waals surface area (Å²) in [6.45, 7) is 6.16. The topological polar surface area (TPSA) is 118 Å². The largest absolute Gasteiger partial charge is 0.490 e. The van der Waals surface area contributed by atoms with Gasteiger partial charge >= 0.3 is 11.8 Å². The molecule has 0 aliphatic carbocycles. The monoisotopic (exact) mass is 440 g/mol. The molecule has 1 aromatic carbocycles. The fourth-order valence-corrected chi connectivity index (χ4v) is 3.58. The number of benzene rings is 1. The summed E-state index contributed by atoms with van der Waals surface area (Å²) in [6, 6.07) is 3.05. The molecule has 0 unspecified atom stereocenters. The highest BCUT2D eigenvalue weighted by atomic mass is 16.6. The molecule has 32 heavy (non-hydrogen) atoms. The van der Waals surface area contributed by atoms with Crippen molar-refractivity contribution >= 4 is 11.8 Å². The van der Waals surface area contributed by atoms with Gasteiger partial charge in [0.15, 0.2) is 5.75 Å². The third kappa shape index (κ3) is 4.01. The molecule has 0 fully saturated rings. The highest BCUT2D eigenvalue weighted by molar-refractivity contribution is 5.77. The molecule has 3 heterocycles. The molecule has 0 N–H and O–H groups in total. The molecule has 4 rings (SSSR count). The SMILES string of the molecule is COc1cc(-n2cc3c(n2)CN(C(=O)OC(C)(C)C)C3)c(-c2cnn(C)c2)cc1[N+](=O)[O-]. The number of hydrogen-bond acceptors (Lipinski definition) is 7. The Morgan fingerprint density at radius 3 is 2.53 bits per heavy atom. The van der Waals surface area contributed by atoms with E-state index < -0.39 is 16.6 Å². The maximum atomic E-state index is 12.4. The first kappa shape index (κ1) is 21.3. The smallest absolute Gasteiger partial charge is 0.410 e. The summed E-state index contributed by atoms with van der Waals surface area (Å²) in [7, 11) is 3.16. The summed E-state index contributed by atoms with van der Waals surface area (Å²) in [6.07, 6.45) is 4.84. The van der Waals surface area contributed by atoms with Crippen LogP contribution in [-0.2, 0) is 24.9 Å². The normalized spacial score (nSPS) is 13.2. The number of rotatable bonds is 4. The lowest BCUT2D eigenvalue weighted by atomic mass is 10.1. The lowest BCUT2D eigenvalue weighted by Crippen LogP contribution is -2.33. The number of nitro benzene ring substituents is 1. The first-order valence-electron chi connectivity index (χ1n) is 9.97. The van der Waals surface area contributed by atoms with E-state index in [1.807, 2.05) is 27.0 Å². The van der Waals surface area contributed by atoms with Crippen LogP contribution in [0.1, 0.15) is 32.0 Å². The van der Waals surface area contributed by atoms with Gasteiger partial charge < -0.3 is 9.47 Å². The highest BCUT2D eigenvalue weighted by Crippen LogP contribution is 2.38. The Morgan fingerprint density at radius 1 is 1.22 bits per heavy atom. The molecule has 11 nitrogen and oxygen atoms in total. The van der Waals surface area contributed by atoms with Crippen LogP contribution in [0.3, 0.4) is 0 Å². The zero-order valence-corrected chi connectivity index (χ0v) is 18.5. The Labute approximate surface area is 184 Å². The summed E-state index contributed by atoms with van der Waals surface area (Å²) < 4.78 is 14.0. The third-order valence-electron chi connectivity index (χ3n) is 4.99. The number of hydrogen-bond donors (Lipinski definition) is 0. The van der Waals surface area contributed by atoms with E-state index in [0.29, 0.717) is 29.9 Å². The van der Waals surface area contributed by atoms with Gasteiger partial charge in [-0.1, -0.05) is 0 Å². The van der Waals surface area contributed by atoms with Crippen LogP contribution in [0.2, 0.25) is 0 Å². The minimum absolute atomic E-state index is 0.128. The first-order valence-corrected chi connectivity index (χ1v) is 9.97. The van der Waals surface area contributed by atoms with Crippen LogP contribution in [0.15, 0.2) is 30.7 Å². The van der Waals surface area contributed by atoms with Crippen molar-refractivity contribution in [2.75, 3.05) is 7.11 Å². The quantitative estimate of drug-likeness (QED) is 0.450. The minimum Gasteiger partial charge on any atom is -0.490 e. The van der Waals surface area contributed by atoms with Crippen molar-refractivity contribution in [1.29, 1.82) is 0 Å². The maximum Gasteiger partial charge on any atom is 0.410 e. The van der Waals surface area contributed by atoms with Crippen LogP contribution >= 0.6 is 0 Å². The second-order valence-electron chi connectivity index (χ2n) is 8.58. The fraction of sp³-hybridized carbons (Fsp3) is 0.381. The van der Waals surface area contributed by atoms with E-state index in [2.05, 4.69) is 10.2 Å². The molecule has 0 saturated heterocycles. The van der Waals surface area contributed by atoms with Crippen molar-refractivity contribution in [1.82, 2.24) is 24.5 Å². The molecular formula is C21H24N6O5. The van der Waals surface area contributed by atoms with E-state index >= 15 is 0 Å². The van der Waals surface area contributed by atoms with E-state index in [9.17, 15) is 14.9 Å². The third-order valence-corrected chi connectivity index (χ3v) is 4.99. The minimum atomic E-state index is -0.578. The van der Waals surface area contributed by atoms with Crippen molar-refractivity contribution in [3.63, 3.8) is 0 Å². The molecule has 2 aromatic heterocycles. The summed E-state index contributed by atoms with van der Waals surface area (Å²) in [5.41, 5.74) is 2.81. The number of aromatic nitrogens is 4. The van der Waals surface area contributed by atoms with Crippen molar-refractivity contribution in [2.45, 2.75) is 39.5 Å². The zero-order chi connectivity index (χ0) is 23.2. The molecule has 0 saturated carbocycles. The predicted octanol–water partition coefficient (Wildman–Crippen LogP) is 3.44. The van der Waals surface area contributed by atoms with E-state index in [-0.39, 0.29) is 11.4 Å². The number of amides is 1. The predicted molar refractivity (Wildman–Crippen MR) is 114 cm³/mol. The molecule has 1 amide bonds. The Bertz CT molecular complexity index is 1180. The Morgan fingerprint density at radius 2 is 1.97 bits per heavy atom. The lowest BCUT2D eigenvalue weighted by molar-refractivity contribution is -0.385. The average molecular weight is 440 g/mol. The number of aryl methyl sites for hydroxylation is 1. The molecule has 0 spiro atoms. The number of nitrogens with zero attached hydrogens (tertiary/aromatic N) is 6. The van der Waals surface area contributed by atoms with Crippen molar-refractivity contribution in [3.05, 3.63) is 52.1 Å². The number of methoxy groups -OCH3 is 1. The molecule has 1 aliphatic heterocycles. The molecular weight excluding hydrogens is 416 g/mol. The molecule has 168 valence electrons. The maximum absolute atomic E-state index is 12.4. The fourth-order valence-electron chi connectivity index (χ4n) is 3.58. The molecule has 0 bridgehead atoms. The summed E-state index contributed by atoms with van der Waals surface area (Å²) >= 11 is 0. The van der Waals surface area contributed by atoms with Crippen LogP contribution in [-0.4, -0.2) is 48.2 Å². The van der Waals surface area contributed by atoms with Gasteiger partial charge in [-0.15, -0.1) is 0 Å². The van der Waals surface area contributed by atoms with E-state index in [1.165, 1.54) is 13.2 Å². The summed E-state index contributed by atoms with van der Waals surface area (Å²) in [5.74, 6) is 0.128. The number of carbonyl (C=O) groups is 1. The first-order chi connectivity index (χ1) is 15.1. The Balaban J connectivity index is 1.72. The van der Waals surface area contributed by atoms with Gasteiger partial charge in [0.25, 0.3) is 0 Å². The molecule has 1 aliphatic rings. The Hall–Kier alpha value is -3.89. The van der Waals surface area contributed by atoms with Crippen molar-refractivity contribution < 1.29 is 19.2 Å². The lowest BCUT2D eigenvalue weighted by Gasteiger charge is -2.24. The van der Waals surface area contributed by atoms with Crippen LogP contribution in [0.25, 0.3) is 16.8 Å². The van der Waals surface area contributed by atoms with Gasteiger partial charge in [0.1, 0.15) is 5.60 Å². The van der Waals surface area contributed by atoms with E-state index in [0.717, 1.165) is 11.3 Å². The van der Waals surface area contributed by atoms with Gasteiger partial charge in [-0.3, -0.25) is 19.7 Å². The van der Waals surface area contributed by atoms with E-state index in [4.69, 9.17) is 9.47 Å². The molecule has 0 atom stereocenters. The van der Waals surface area contributed by atoms with Gasteiger partial charge in [-0.05, 0) is 20.8 Å². The van der Waals surface area contributed by atoms with Crippen LogP contribution in [0.5, 0.6) is 5.75 Å². The number of carbonyl (C=O) groups excluding carboxylic acids is 1. The van der Waals surface area contributed by atoms with Crippen molar-refractivity contribution in [3.8, 4) is 22.6 Å². The average Bonchev–Trinajstić information content (AvgIpc) is 3.40. The number of fused-ring (bicyclic) bond motifs is 1. The molecule has 11 heteroatoms. The summed E-state index contributed by atoms with van der Waals surface area (Å²) in [5, 5.41) is 20.4. The van der Waals surface area contributed by atoms with Gasteiger partial charge in [-0.25, -0.2) is 9.48 Å². The van der Waals surface area contributed by atoms with Gasteiger partial charge in [0.2, 0.25) is 0 Å². The molecule has 0 radical (unpaired) electrons. The summed E-state index contributed by atoms with van der Waals surface area (Å²) in [4.78, 5) is 25.1. The van der Waals surface area contributed by atoms with Gasteiger partial charge in [0.05, 0.1) is 42.7 Å². The zero-order valence-electron chi connectivity index (χ0n) is 18.5. The second-order valence-corrected chi connectivity index (χ2v) is 8.58. The second kappa shape index (κ2) is 7.66. The standard InChI is InChI=1S/C21H24N6O5/c1-21(2,3)32-20(28)25-10-14-11-26(23-16(14)12-25)17-7-19(31-5)18(27(29)30)6-15(17)13-8-22-24(4)9-13/h6-9,11H,10,12H2,1-5H3. The van der Waals surface area contributed by atoms with E-state index in [1.54, 1.807) is 39.8 Å². The Kier molecular flexibility index (Phi) is 5.11. The van der Waals surface area contributed by atoms with Crippen LogP contribution in [0.4, 0.5) is 10.5 Å². The number of ether oxygens (including phenoxy) is 2. The van der Waals surface area contributed by atoms with Crippen molar-refractivity contribution in [2.24, 2.45) is 7.05 Å². The number of nitro groups is 1. The molecule has 3 aromatic rings.